The fourth-order valence-corrected chi connectivity index (χ4v) is 2.01. The van der Waals surface area contributed by atoms with Crippen molar-refractivity contribution in [2.75, 3.05) is 0 Å². The van der Waals surface area contributed by atoms with E-state index in [4.69, 9.17) is 30.6 Å². The highest BCUT2D eigenvalue weighted by molar-refractivity contribution is 6.65. The molecule has 1 aliphatic rings. The first-order chi connectivity index (χ1) is 11.9. The molecule has 1 N–H and O–H groups in total. The second-order valence-corrected chi connectivity index (χ2v) is 7.49. The first kappa shape index (κ1) is 22.0. The predicted molar refractivity (Wildman–Crippen MR) is 92.4 cm³/mol. The molecule has 2 unspecified atom stereocenters. The van der Waals surface area contributed by atoms with E-state index in [2.05, 4.69) is 10.5 Å². The van der Waals surface area contributed by atoms with Crippen molar-refractivity contribution < 1.29 is 33.4 Å². The van der Waals surface area contributed by atoms with Crippen LogP contribution in [0.2, 0.25) is 0 Å². The number of oxime groups is 1. The molecule has 0 aromatic rings. The van der Waals surface area contributed by atoms with Gasteiger partial charge in [-0.2, -0.15) is 0 Å². The Kier molecular flexibility index (Phi) is 7.68. The van der Waals surface area contributed by atoms with Gasteiger partial charge in [-0.15, -0.1) is 0 Å². The minimum absolute atomic E-state index is 0.133. The van der Waals surface area contributed by atoms with E-state index in [0.29, 0.717) is 0 Å². The molecule has 3 atom stereocenters. The number of hydrogen-bond donors (Lipinski definition) is 1. The molecule has 0 bridgehead atoms. The lowest BCUT2D eigenvalue weighted by Gasteiger charge is -2.24. The molecule has 1 rings (SSSR count). The van der Waals surface area contributed by atoms with Crippen LogP contribution in [0.4, 0.5) is 4.79 Å². The van der Waals surface area contributed by atoms with Gasteiger partial charge in [0.25, 0.3) is 0 Å². The van der Waals surface area contributed by atoms with Gasteiger partial charge in [-0.3, -0.25) is 4.79 Å². The van der Waals surface area contributed by atoms with E-state index in [1.807, 2.05) is 0 Å². The summed E-state index contributed by atoms with van der Waals surface area (Å²) >= 11 is 5.75. The largest absolute Gasteiger partial charge is 0.461 e. The molecule has 9 nitrogen and oxygen atoms in total. The molecule has 0 spiro atoms. The third-order valence-corrected chi connectivity index (χ3v) is 3.29. The maximum Gasteiger partial charge on any atom is 0.411 e. The number of carbonyl (C=O) groups excluding carboxylic acids is 3. The van der Waals surface area contributed by atoms with Gasteiger partial charge in [-0.25, -0.2) is 9.59 Å². The summed E-state index contributed by atoms with van der Waals surface area (Å²) in [6.45, 7) is 9.72. The van der Waals surface area contributed by atoms with Crippen molar-refractivity contribution in [1.29, 1.82) is 0 Å². The molecule has 0 saturated carbocycles. The SMILES string of the molecule is CC(C)OC(=O)C(NC(=O)OC(C)OC(=O)C(C)(C)C)[C@@H]1CC(Cl)=NO1. The fourth-order valence-electron chi connectivity index (χ4n) is 1.82. The lowest BCUT2D eigenvalue weighted by molar-refractivity contribution is -0.175. The van der Waals surface area contributed by atoms with Crippen LogP contribution in [0, 0.1) is 5.41 Å². The number of halogens is 1. The topological polar surface area (TPSA) is 113 Å². The van der Waals surface area contributed by atoms with Gasteiger partial charge < -0.3 is 24.4 Å². The maximum atomic E-state index is 12.2. The molecule has 0 aromatic heterocycles. The maximum absolute atomic E-state index is 12.2. The van der Waals surface area contributed by atoms with Crippen LogP contribution in [0.15, 0.2) is 5.16 Å². The molecule has 0 fully saturated rings. The van der Waals surface area contributed by atoms with E-state index >= 15 is 0 Å². The van der Waals surface area contributed by atoms with Crippen LogP contribution in [-0.4, -0.2) is 47.7 Å². The molecule has 148 valence electrons. The van der Waals surface area contributed by atoms with Crippen molar-refractivity contribution in [3.63, 3.8) is 0 Å². The molecule has 0 aromatic carbocycles. The second kappa shape index (κ2) is 9.07. The average Bonchev–Trinajstić information content (AvgIpc) is 2.88. The van der Waals surface area contributed by atoms with Gasteiger partial charge >= 0.3 is 18.0 Å². The number of amides is 1. The Hall–Kier alpha value is -2.03. The smallest absolute Gasteiger partial charge is 0.411 e. The number of esters is 2. The molecule has 0 radical (unpaired) electrons. The summed E-state index contributed by atoms with van der Waals surface area (Å²) < 4.78 is 15.1. The third-order valence-electron chi connectivity index (χ3n) is 3.07. The van der Waals surface area contributed by atoms with Gasteiger partial charge in [0, 0.05) is 13.3 Å². The molecule has 1 aliphatic heterocycles. The van der Waals surface area contributed by atoms with Gasteiger partial charge in [0.15, 0.2) is 12.1 Å². The van der Waals surface area contributed by atoms with Gasteiger partial charge in [0.2, 0.25) is 6.29 Å². The zero-order valence-corrected chi connectivity index (χ0v) is 16.5. The normalized spacial score (nSPS) is 19.1. The van der Waals surface area contributed by atoms with Crippen molar-refractivity contribution in [3.05, 3.63) is 0 Å². The van der Waals surface area contributed by atoms with Gasteiger partial charge in [-0.05, 0) is 34.6 Å². The number of rotatable bonds is 6. The van der Waals surface area contributed by atoms with Crippen LogP contribution in [0.3, 0.4) is 0 Å². The third kappa shape index (κ3) is 7.07. The Morgan fingerprint density at radius 3 is 2.27 bits per heavy atom. The Morgan fingerprint density at radius 1 is 1.19 bits per heavy atom. The van der Waals surface area contributed by atoms with E-state index in [1.165, 1.54) is 6.92 Å². The molecular weight excluding hydrogens is 368 g/mol. The van der Waals surface area contributed by atoms with Crippen LogP contribution in [0.25, 0.3) is 0 Å². The first-order valence-corrected chi connectivity index (χ1v) is 8.55. The van der Waals surface area contributed by atoms with Gasteiger partial charge in [-0.1, -0.05) is 16.8 Å². The van der Waals surface area contributed by atoms with Crippen LogP contribution in [-0.2, 0) is 28.6 Å². The number of ether oxygens (including phenoxy) is 3. The van der Waals surface area contributed by atoms with Crippen LogP contribution in [0.5, 0.6) is 0 Å². The Balaban J connectivity index is 2.67. The number of carbonyl (C=O) groups is 3. The lowest BCUT2D eigenvalue weighted by atomic mass is 9.97. The summed E-state index contributed by atoms with van der Waals surface area (Å²) in [6.07, 6.45) is -3.21. The van der Waals surface area contributed by atoms with Gasteiger partial charge in [0.1, 0.15) is 5.17 Å². The van der Waals surface area contributed by atoms with Crippen molar-refractivity contribution >= 4 is 34.8 Å². The predicted octanol–water partition coefficient (Wildman–Crippen LogP) is 2.31. The Morgan fingerprint density at radius 2 is 1.81 bits per heavy atom. The number of hydrogen-bond acceptors (Lipinski definition) is 8. The highest BCUT2D eigenvalue weighted by atomic mass is 35.5. The zero-order chi connectivity index (χ0) is 20.1. The molecule has 10 heteroatoms. The van der Waals surface area contributed by atoms with Crippen molar-refractivity contribution in [2.45, 2.75) is 72.5 Å². The fraction of sp³-hybridized carbons (Fsp3) is 0.750. The Labute approximate surface area is 157 Å². The quantitative estimate of drug-likeness (QED) is 0.545. The minimum Gasteiger partial charge on any atom is -0.461 e. The second-order valence-electron chi connectivity index (χ2n) is 7.05. The van der Waals surface area contributed by atoms with E-state index in [-0.39, 0.29) is 11.6 Å². The summed E-state index contributed by atoms with van der Waals surface area (Å²) in [5.41, 5.74) is -0.747. The number of alkyl carbamates (subject to hydrolysis) is 1. The molecule has 0 saturated heterocycles. The van der Waals surface area contributed by atoms with E-state index in [0.717, 1.165) is 0 Å². The monoisotopic (exact) mass is 392 g/mol. The Bertz CT molecular complexity index is 571. The molecular formula is C16H25ClN2O7. The summed E-state index contributed by atoms with van der Waals surface area (Å²) in [5.74, 6) is -1.25. The first-order valence-electron chi connectivity index (χ1n) is 8.17. The van der Waals surface area contributed by atoms with Crippen molar-refractivity contribution in [2.24, 2.45) is 10.6 Å². The van der Waals surface area contributed by atoms with Crippen LogP contribution >= 0.6 is 11.6 Å². The van der Waals surface area contributed by atoms with Crippen LogP contribution < -0.4 is 5.32 Å². The number of nitrogens with zero attached hydrogens (tertiary/aromatic N) is 1. The average molecular weight is 393 g/mol. The van der Waals surface area contributed by atoms with Crippen molar-refractivity contribution in [1.82, 2.24) is 5.32 Å². The highest BCUT2D eigenvalue weighted by Gasteiger charge is 2.38. The van der Waals surface area contributed by atoms with Gasteiger partial charge in [0.05, 0.1) is 11.5 Å². The summed E-state index contributed by atoms with van der Waals surface area (Å²) in [7, 11) is 0. The lowest BCUT2D eigenvalue weighted by Crippen LogP contribution is -2.51. The number of nitrogens with one attached hydrogen (secondary N) is 1. The van der Waals surface area contributed by atoms with E-state index in [9.17, 15) is 14.4 Å². The molecule has 0 aliphatic carbocycles. The standard InChI is InChI=1S/C16H25ClN2O7/c1-8(2)23-13(20)12(10-7-11(17)19-26-10)18-15(22)25-9(3)24-14(21)16(4,5)6/h8-10,12H,7H2,1-6H3,(H,18,22)/t9?,10-,12?/m0/s1. The highest BCUT2D eigenvalue weighted by Crippen LogP contribution is 2.19. The zero-order valence-electron chi connectivity index (χ0n) is 15.7. The summed E-state index contributed by atoms with van der Waals surface area (Å²) in [5, 5.41) is 6.06. The molecule has 1 amide bonds. The van der Waals surface area contributed by atoms with E-state index in [1.54, 1.807) is 34.6 Å². The summed E-state index contributed by atoms with van der Waals surface area (Å²) in [4.78, 5) is 41.1. The summed E-state index contributed by atoms with van der Waals surface area (Å²) in [6, 6.07) is -1.18. The minimum atomic E-state index is -1.18. The van der Waals surface area contributed by atoms with Crippen LogP contribution in [0.1, 0.15) is 48.0 Å². The molecule has 1 heterocycles. The van der Waals surface area contributed by atoms with Crippen molar-refractivity contribution in [3.8, 4) is 0 Å². The molecule has 26 heavy (non-hydrogen) atoms. The van der Waals surface area contributed by atoms with E-state index < -0.39 is 48.0 Å².